The maximum Gasteiger partial charge on any atom is 0.248 e. The summed E-state index contributed by atoms with van der Waals surface area (Å²) >= 11 is 0. The molecule has 0 aromatic heterocycles. The van der Waals surface area contributed by atoms with Crippen LogP contribution in [0, 0.1) is 0 Å². The molecule has 0 saturated heterocycles. The van der Waals surface area contributed by atoms with Gasteiger partial charge in [-0.05, 0) is 24.1 Å². The van der Waals surface area contributed by atoms with Gasteiger partial charge in [0.1, 0.15) is 0 Å². The average Bonchev–Trinajstić information content (AvgIpc) is 2.44. The quantitative estimate of drug-likeness (QED) is 0.842. The van der Waals surface area contributed by atoms with Crippen LogP contribution < -0.4 is 11.5 Å². The van der Waals surface area contributed by atoms with Crippen LogP contribution in [0.2, 0.25) is 0 Å². The molecule has 1 aromatic rings. The van der Waals surface area contributed by atoms with Crippen LogP contribution in [0.5, 0.6) is 0 Å². The highest BCUT2D eigenvalue weighted by atomic mass is 16.2. The minimum absolute atomic E-state index is 0.0937. The zero-order valence-electron chi connectivity index (χ0n) is 11.6. The van der Waals surface area contributed by atoms with Crippen LogP contribution >= 0.6 is 0 Å². The molecule has 1 aliphatic heterocycles. The van der Waals surface area contributed by atoms with Crippen LogP contribution in [0.25, 0.3) is 0 Å². The Kier molecular flexibility index (Phi) is 3.48. The topological polar surface area (TPSA) is 102 Å². The lowest BCUT2D eigenvalue weighted by molar-refractivity contribution is -0.128. The van der Waals surface area contributed by atoms with Crippen LogP contribution in [0.1, 0.15) is 35.7 Å². The third-order valence-electron chi connectivity index (χ3n) is 3.76. The van der Waals surface area contributed by atoms with Crippen LogP contribution in [0.15, 0.2) is 29.3 Å². The summed E-state index contributed by atoms with van der Waals surface area (Å²) in [5.41, 5.74) is 11.6. The molecule has 0 radical (unpaired) electrons. The Morgan fingerprint density at radius 2 is 2.20 bits per heavy atom. The van der Waals surface area contributed by atoms with Gasteiger partial charge in [-0.25, -0.2) is 4.99 Å². The van der Waals surface area contributed by atoms with Crippen molar-refractivity contribution in [3.63, 3.8) is 0 Å². The Morgan fingerprint density at radius 1 is 1.50 bits per heavy atom. The zero-order chi connectivity index (χ0) is 14.9. The molecule has 6 heteroatoms. The first-order valence-electron chi connectivity index (χ1n) is 6.42. The number of guanidine groups is 1. The second kappa shape index (κ2) is 4.96. The van der Waals surface area contributed by atoms with E-state index in [1.54, 1.807) is 25.2 Å². The van der Waals surface area contributed by atoms with E-state index in [9.17, 15) is 9.59 Å². The normalized spacial score (nSPS) is 22.6. The number of amides is 2. The number of benzene rings is 1. The van der Waals surface area contributed by atoms with E-state index in [0.29, 0.717) is 12.0 Å². The fourth-order valence-corrected chi connectivity index (χ4v) is 2.37. The van der Waals surface area contributed by atoms with E-state index in [2.05, 4.69) is 4.99 Å². The predicted octanol–water partition coefficient (Wildman–Crippen LogP) is 0.568. The zero-order valence-corrected chi connectivity index (χ0v) is 11.6. The Balaban J connectivity index is 2.54. The second-order valence-corrected chi connectivity index (χ2v) is 4.93. The SMILES string of the molecule is CC[C@]1(c2cccc(C(N)=O)c2)CC(=O)N(C)C(N)=N1. The van der Waals surface area contributed by atoms with Gasteiger partial charge in [0.05, 0.1) is 12.0 Å². The first-order chi connectivity index (χ1) is 9.39. The van der Waals surface area contributed by atoms with Crippen LogP contribution in [-0.4, -0.2) is 29.7 Å². The molecular formula is C14H18N4O2. The molecule has 1 aliphatic rings. The van der Waals surface area contributed by atoms with Crippen molar-refractivity contribution >= 4 is 17.8 Å². The third-order valence-corrected chi connectivity index (χ3v) is 3.76. The molecule has 4 N–H and O–H groups in total. The van der Waals surface area contributed by atoms with E-state index in [1.807, 2.05) is 13.0 Å². The standard InChI is InChI=1S/C14H18N4O2/c1-3-14(8-11(19)18(2)13(16)17-14)10-6-4-5-9(7-10)12(15)20/h4-7H,3,8H2,1-2H3,(H2,15,20)(H2,16,17)/t14-/m1/s1. The first kappa shape index (κ1) is 14.0. The van der Waals surface area contributed by atoms with E-state index in [4.69, 9.17) is 11.5 Å². The molecule has 20 heavy (non-hydrogen) atoms. The number of carbonyl (C=O) groups excluding carboxylic acids is 2. The van der Waals surface area contributed by atoms with Gasteiger partial charge in [-0.1, -0.05) is 19.1 Å². The van der Waals surface area contributed by atoms with Gasteiger partial charge < -0.3 is 11.5 Å². The molecule has 2 amide bonds. The van der Waals surface area contributed by atoms with E-state index in [-0.39, 0.29) is 18.3 Å². The summed E-state index contributed by atoms with van der Waals surface area (Å²) in [4.78, 5) is 29.2. The molecule has 0 spiro atoms. The highest BCUT2D eigenvalue weighted by Gasteiger charge is 2.38. The maximum atomic E-state index is 12.0. The van der Waals surface area contributed by atoms with Crippen molar-refractivity contribution in [3.8, 4) is 0 Å². The number of carbonyl (C=O) groups is 2. The number of aliphatic imine (C=N–C) groups is 1. The van der Waals surface area contributed by atoms with E-state index < -0.39 is 11.4 Å². The Morgan fingerprint density at radius 3 is 2.75 bits per heavy atom. The monoisotopic (exact) mass is 274 g/mol. The van der Waals surface area contributed by atoms with Gasteiger partial charge in [-0.3, -0.25) is 14.5 Å². The summed E-state index contributed by atoms with van der Waals surface area (Å²) in [6.45, 7) is 1.94. The minimum Gasteiger partial charge on any atom is -0.369 e. The smallest absolute Gasteiger partial charge is 0.248 e. The molecule has 106 valence electrons. The van der Waals surface area contributed by atoms with Crippen molar-refractivity contribution < 1.29 is 9.59 Å². The number of primary amides is 1. The molecule has 0 bridgehead atoms. The van der Waals surface area contributed by atoms with Crippen molar-refractivity contribution in [2.75, 3.05) is 7.05 Å². The summed E-state index contributed by atoms with van der Waals surface area (Å²) in [6, 6.07) is 6.90. The summed E-state index contributed by atoms with van der Waals surface area (Å²) < 4.78 is 0. The molecule has 1 atom stereocenters. The van der Waals surface area contributed by atoms with Gasteiger partial charge in [0.2, 0.25) is 11.8 Å². The Labute approximate surface area is 117 Å². The van der Waals surface area contributed by atoms with Crippen LogP contribution in [-0.2, 0) is 10.3 Å². The number of nitrogens with two attached hydrogens (primary N) is 2. The van der Waals surface area contributed by atoms with Gasteiger partial charge in [0.15, 0.2) is 5.96 Å². The third kappa shape index (κ3) is 2.24. The molecule has 1 heterocycles. The van der Waals surface area contributed by atoms with Crippen molar-refractivity contribution in [1.29, 1.82) is 0 Å². The molecule has 0 fully saturated rings. The summed E-state index contributed by atoms with van der Waals surface area (Å²) in [6.07, 6.45) is 0.832. The van der Waals surface area contributed by atoms with E-state index >= 15 is 0 Å². The molecule has 0 saturated carbocycles. The van der Waals surface area contributed by atoms with Crippen molar-refractivity contribution in [3.05, 3.63) is 35.4 Å². The highest BCUT2D eigenvalue weighted by Crippen LogP contribution is 2.36. The predicted molar refractivity (Wildman–Crippen MR) is 75.9 cm³/mol. The Hall–Kier alpha value is -2.37. The molecular weight excluding hydrogens is 256 g/mol. The van der Waals surface area contributed by atoms with Crippen molar-refractivity contribution in [2.45, 2.75) is 25.3 Å². The second-order valence-electron chi connectivity index (χ2n) is 4.93. The highest BCUT2D eigenvalue weighted by molar-refractivity contribution is 5.99. The molecule has 1 aromatic carbocycles. The van der Waals surface area contributed by atoms with Gasteiger partial charge in [0.25, 0.3) is 0 Å². The lowest BCUT2D eigenvalue weighted by atomic mass is 9.82. The molecule has 0 unspecified atom stereocenters. The number of rotatable bonds is 3. The van der Waals surface area contributed by atoms with Crippen molar-refractivity contribution in [2.24, 2.45) is 16.5 Å². The van der Waals surface area contributed by atoms with Crippen LogP contribution in [0.3, 0.4) is 0 Å². The molecule has 2 rings (SSSR count). The largest absolute Gasteiger partial charge is 0.369 e. The molecule has 0 aliphatic carbocycles. The van der Waals surface area contributed by atoms with Crippen LogP contribution in [0.4, 0.5) is 0 Å². The van der Waals surface area contributed by atoms with E-state index in [1.165, 1.54) is 4.90 Å². The average molecular weight is 274 g/mol. The van der Waals surface area contributed by atoms with Crippen molar-refractivity contribution in [1.82, 2.24) is 4.90 Å². The summed E-state index contributed by atoms with van der Waals surface area (Å²) in [7, 11) is 1.60. The fraction of sp³-hybridized carbons (Fsp3) is 0.357. The van der Waals surface area contributed by atoms with E-state index in [0.717, 1.165) is 5.56 Å². The van der Waals surface area contributed by atoms with Gasteiger partial charge >= 0.3 is 0 Å². The minimum atomic E-state index is -0.723. The lowest BCUT2D eigenvalue weighted by Crippen LogP contribution is -2.48. The number of hydrogen-bond donors (Lipinski definition) is 2. The summed E-state index contributed by atoms with van der Waals surface area (Å²) in [5, 5.41) is 0. The number of nitrogens with zero attached hydrogens (tertiary/aromatic N) is 2. The molecule has 6 nitrogen and oxygen atoms in total. The van der Waals surface area contributed by atoms with Gasteiger partial charge in [0, 0.05) is 12.6 Å². The maximum absolute atomic E-state index is 12.0. The first-order valence-corrected chi connectivity index (χ1v) is 6.42. The Bertz CT molecular complexity index is 597. The lowest BCUT2D eigenvalue weighted by Gasteiger charge is -2.36. The number of hydrogen-bond acceptors (Lipinski definition) is 4. The van der Waals surface area contributed by atoms with Gasteiger partial charge in [-0.15, -0.1) is 0 Å². The summed E-state index contributed by atoms with van der Waals surface area (Å²) in [5.74, 6) is -0.411. The fourth-order valence-electron chi connectivity index (χ4n) is 2.37. The van der Waals surface area contributed by atoms with Gasteiger partial charge in [-0.2, -0.15) is 0 Å².